The molecule has 0 aliphatic heterocycles. The summed E-state index contributed by atoms with van der Waals surface area (Å²) in [5, 5.41) is 15.2. The SMILES string of the molecule is Cc1ccc(C)c(-n2c(CNC(=O)COc3ccc(Cl)cc3)nnc2SCC(=O)Nc2ccc(F)cc2)c1. The molecule has 196 valence electrons. The van der Waals surface area contributed by atoms with Crippen LogP contribution in [0.4, 0.5) is 10.1 Å². The number of ether oxygens (including phenoxy) is 1. The molecule has 0 spiro atoms. The molecule has 2 N–H and O–H groups in total. The molecule has 4 aromatic rings. The summed E-state index contributed by atoms with van der Waals surface area (Å²) < 4.78 is 20.5. The van der Waals surface area contributed by atoms with Crippen LogP contribution in [0, 0.1) is 19.7 Å². The van der Waals surface area contributed by atoms with Crippen molar-refractivity contribution in [1.29, 1.82) is 0 Å². The van der Waals surface area contributed by atoms with Crippen molar-refractivity contribution in [2.24, 2.45) is 0 Å². The van der Waals surface area contributed by atoms with Crippen molar-refractivity contribution in [2.45, 2.75) is 25.5 Å². The second-order valence-electron chi connectivity index (χ2n) is 8.39. The van der Waals surface area contributed by atoms with E-state index >= 15 is 0 Å². The van der Waals surface area contributed by atoms with Gasteiger partial charge in [0, 0.05) is 10.7 Å². The van der Waals surface area contributed by atoms with Crippen molar-refractivity contribution in [2.75, 3.05) is 17.7 Å². The van der Waals surface area contributed by atoms with Crippen LogP contribution in [0.5, 0.6) is 5.75 Å². The highest BCUT2D eigenvalue weighted by Crippen LogP contribution is 2.25. The van der Waals surface area contributed by atoms with E-state index in [-0.39, 0.29) is 36.5 Å². The molecule has 1 aromatic heterocycles. The first-order valence-corrected chi connectivity index (χ1v) is 13.0. The van der Waals surface area contributed by atoms with Crippen molar-refractivity contribution in [3.63, 3.8) is 0 Å². The Balaban J connectivity index is 1.45. The van der Waals surface area contributed by atoms with Crippen molar-refractivity contribution in [1.82, 2.24) is 20.1 Å². The average Bonchev–Trinajstić information content (AvgIpc) is 3.31. The Morgan fingerprint density at radius 1 is 1.00 bits per heavy atom. The van der Waals surface area contributed by atoms with Crippen molar-refractivity contribution < 1.29 is 18.7 Å². The number of nitrogens with one attached hydrogen (secondary N) is 2. The van der Waals surface area contributed by atoms with Crippen LogP contribution in [0.25, 0.3) is 5.69 Å². The highest BCUT2D eigenvalue weighted by Gasteiger charge is 2.18. The van der Waals surface area contributed by atoms with Gasteiger partial charge in [-0.3, -0.25) is 14.2 Å². The summed E-state index contributed by atoms with van der Waals surface area (Å²) in [6.45, 7) is 3.87. The predicted molar refractivity (Wildman–Crippen MR) is 145 cm³/mol. The van der Waals surface area contributed by atoms with Crippen LogP contribution in [0.15, 0.2) is 71.9 Å². The molecule has 0 bridgehead atoms. The van der Waals surface area contributed by atoms with E-state index in [9.17, 15) is 14.0 Å². The molecule has 0 atom stereocenters. The molecule has 4 rings (SSSR count). The Bertz CT molecular complexity index is 1430. The maximum absolute atomic E-state index is 13.1. The Morgan fingerprint density at radius 2 is 1.74 bits per heavy atom. The average molecular weight is 554 g/mol. The predicted octanol–water partition coefficient (Wildman–Crippen LogP) is 5.10. The highest BCUT2D eigenvalue weighted by atomic mass is 35.5. The molecule has 0 aliphatic rings. The number of nitrogens with zero attached hydrogens (tertiary/aromatic N) is 3. The van der Waals surface area contributed by atoms with Gasteiger partial charge >= 0.3 is 0 Å². The summed E-state index contributed by atoms with van der Waals surface area (Å²) in [4.78, 5) is 24.9. The molecule has 1 heterocycles. The molecule has 8 nitrogen and oxygen atoms in total. The van der Waals surface area contributed by atoms with Gasteiger partial charge in [0.25, 0.3) is 5.91 Å². The van der Waals surface area contributed by atoms with Gasteiger partial charge in [-0.2, -0.15) is 0 Å². The van der Waals surface area contributed by atoms with E-state index in [0.29, 0.717) is 27.4 Å². The first-order chi connectivity index (χ1) is 18.3. The number of hydrogen-bond acceptors (Lipinski definition) is 6. The largest absolute Gasteiger partial charge is 0.484 e. The third kappa shape index (κ3) is 7.33. The van der Waals surface area contributed by atoms with E-state index in [0.717, 1.165) is 16.8 Å². The van der Waals surface area contributed by atoms with Crippen LogP contribution < -0.4 is 15.4 Å². The number of rotatable bonds is 10. The minimum Gasteiger partial charge on any atom is -0.484 e. The van der Waals surface area contributed by atoms with Gasteiger partial charge in [-0.15, -0.1) is 10.2 Å². The molecule has 3 aromatic carbocycles. The van der Waals surface area contributed by atoms with Crippen LogP contribution in [0.1, 0.15) is 17.0 Å². The van der Waals surface area contributed by atoms with Gasteiger partial charge < -0.3 is 15.4 Å². The van der Waals surface area contributed by atoms with Crippen LogP contribution in [0.3, 0.4) is 0 Å². The van der Waals surface area contributed by atoms with Crippen molar-refractivity contribution in [3.8, 4) is 11.4 Å². The molecule has 0 fully saturated rings. The number of hydrogen-bond donors (Lipinski definition) is 2. The number of halogens is 2. The maximum Gasteiger partial charge on any atom is 0.258 e. The lowest BCUT2D eigenvalue weighted by Gasteiger charge is -2.14. The summed E-state index contributed by atoms with van der Waals surface area (Å²) in [6, 6.07) is 18.3. The lowest BCUT2D eigenvalue weighted by atomic mass is 10.1. The number of amides is 2. The lowest BCUT2D eigenvalue weighted by Crippen LogP contribution is -2.29. The summed E-state index contributed by atoms with van der Waals surface area (Å²) in [5.74, 6) is 0.104. The second-order valence-corrected chi connectivity index (χ2v) is 9.77. The normalized spacial score (nSPS) is 10.7. The zero-order chi connectivity index (χ0) is 27.1. The summed E-state index contributed by atoms with van der Waals surface area (Å²) in [6.07, 6.45) is 0. The zero-order valence-electron chi connectivity index (χ0n) is 20.7. The van der Waals surface area contributed by atoms with Crippen LogP contribution >= 0.6 is 23.4 Å². The number of aryl methyl sites for hydroxylation is 2. The fourth-order valence-electron chi connectivity index (χ4n) is 3.48. The van der Waals surface area contributed by atoms with Gasteiger partial charge in [-0.25, -0.2) is 4.39 Å². The fraction of sp³-hybridized carbons (Fsp3) is 0.185. The number of carbonyl (C=O) groups excluding carboxylic acids is 2. The summed E-state index contributed by atoms with van der Waals surface area (Å²) >= 11 is 7.08. The molecule has 2 amide bonds. The van der Waals surface area contributed by atoms with E-state index in [2.05, 4.69) is 20.8 Å². The monoisotopic (exact) mass is 553 g/mol. The van der Waals surface area contributed by atoms with Crippen LogP contribution in [-0.2, 0) is 16.1 Å². The molecule has 38 heavy (non-hydrogen) atoms. The molecule has 0 saturated heterocycles. The molecule has 0 unspecified atom stereocenters. The number of thioether (sulfide) groups is 1. The zero-order valence-corrected chi connectivity index (χ0v) is 22.3. The van der Waals surface area contributed by atoms with E-state index < -0.39 is 0 Å². The Morgan fingerprint density at radius 3 is 2.47 bits per heavy atom. The first-order valence-electron chi connectivity index (χ1n) is 11.6. The van der Waals surface area contributed by atoms with Crippen LogP contribution in [0.2, 0.25) is 5.02 Å². The molecule has 11 heteroatoms. The van der Waals surface area contributed by atoms with E-state index in [4.69, 9.17) is 16.3 Å². The molecular formula is C27H25ClFN5O3S. The van der Waals surface area contributed by atoms with E-state index in [1.165, 1.54) is 36.0 Å². The first kappa shape index (κ1) is 27.2. The van der Waals surface area contributed by atoms with Gasteiger partial charge in [0.1, 0.15) is 11.6 Å². The van der Waals surface area contributed by atoms with E-state index in [1.54, 1.807) is 24.3 Å². The third-order valence-corrected chi connectivity index (χ3v) is 6.57. The summed E-state index contributed by atoms with van der Waals surface area (Å²) in [5.41, 5.74) is 3.36. The third-order valence-electron chi connectivity index (χ3n) is 5.39. The van der Waals surface area contributed by atoms with E-state index in [1.807, 2.05) is 36.6 Å². The molecule has 0 aliphatic carbocycles. The number of aromatic nitrogens is 3. The number of anilines is 1. The summed E-state index contributed by atoms with van der Waals surface area (Å²) in [7, 11) is 0. The van der Waals surface area contributed by atoms with Crippen LogP contribution in [-0.4, -0.2) is 38.9 Å². The Labute approximate surface area is 228 Å². The van der Waals surface area contributed by atoms with Gasteiger partial charge in [-0.05, 0) is 79.6 Å². The van der Waals surface area contributed by atoms with Gasteiger partial charge in [0.05, 0.1) is 18.0 Å². The van der Waals surface area contributed by atoms with Gasteiger partial charge in [-0.1, -0.05) is 35.5 Å². The second kappa shape index (κ2) is 12.6. The lowest BCUT2D eigenvalue weighted by molar-refractivity contribution is -0.123. The standard InChI is InChI=1S/C27H25ClFN5O3S/c1-17-3-4-18(2)23(13-17)34-24(14-30-25(35)15-37-22-11-5-19(28)6-12-22)32-33-27(34)38-16-26(36)31-21-9-7-20(29)8-10-21/h3-13H,14-16H2,1-2H3,(H,30,35)(H,31,36). The quantitative estimate of drug-likeness (QED) is 0.265. The molecule has 0 saturated carbocycles. The Hall–Kier alpha value is -3.89. The topological polar surface area (TPSA) is 98.1 Å². The minimum atomic E-state index is -0.379. The molecule has 0 radical (unpaired) electrons. The fourth-order valence-corrected chi connectivity index (χ4v) is 4.37. The maximum atomic E-state index is 13.1. The van der Waals surface area contributed by atoms with Gasteiger partial charge in [0.15, 0.2) is 17.6 Å². The minimum absolute atomic E-state index is 0.0572. The van der Waals surface area contributed by atoms with Crippen molar-refractivity contribution >= 4 is 40.9 Å². The number of benzene rings is 3. The van der Waals surface area contributed by atoms with Crippen molar-refractivity contribution in [3.05, 3.63) is 94.5 Å². The van der Waals surface area contributed by atoms with Gasteiger partial charge in [0.2, 0.25) is 5.91 Å². The Kier molecular flexibility index (Phi) is 8.98. The highest BCUT2D eigenvalue weighted by molar-refractivity contribution is 7.99. The number of carbonyl (C=O) groups is 2. The smallest absolute Gasteiger partial charge is 0.258 e. The molecular weight excluding hydrogens is 529 g/mol.